The maximum absolute atomic E-state index is 13.2. The van der Waals surface area contributed by atoms with Crippen molar-refractivity contribution in [2.45, 2.75) is 31.7 Å². The summed E-state index contributed by atoms with van der Waals surface area (Å²) in [5, 5.41) is 2.88. The molecule has 1 saturated heterocycles. The molecular formula is C13H14F4N2O. The summed E-state index contributed by atoms with van der Waals surface area (Å²) in [5.41, 5.74) is 0.435. The molecule has 3 nitrogen and oxygen atoms in total. The first kappa shape index (κ1) is 14.8. The van der Waals surface area contributed by atoms with Crippen LogP contribution in [0.1, 0.15) is 25.1 Å². The van der Waals surface area contributed by atoms with Crippen LogP contribution in [0.2, 0.25) is 0 Å². The summed E-state index contributed by atoms with van der Waals surface area (Å²) >= 11 is 0. The predicted octanol–water partition coefficient (Wildman–Crippen LogP) is 2.60. The van der Waals surface area contributed by atoms with Crippen LogP contribution >= 0.6 is 0 Å². The van der Waals surface area contributed by atoms with E-state index < -0.39 is 43.1 Å². The number of rotatable bonds is 3. The summed E-state index contributed by atoms with van der Waals surface area (Å²) in [6.07, 6.45) is -6.15. The van der Waals surface area contributed by atoms with Crippen molar-refractivity contribution in [1.82, 2.24) is 10.2 Å². The van der Waals surface area contributed by atoms with Gasteiger partial charge < -0.3 is 4.90 Å². The molecule has 2 atom stereocenters. The minimum absolute atomic E-state index is 0.413. The van der Waals surface area contributed by atoms with Crippen LogP contribution in [0, 0.1) is 5.82 Å². The fourth-order valence-corrected chi connectivity index (χ4v) is 2.21. The molecular weight excluding hydrogens is 276 g/mol. The normalized spacial score (nSPS) is 23.4. The van der Waals surface area contributed by atoms with Crippen molar-refractivity contribution in [2.75, 3.05) is 6.54 Å². The molecule has 1 fully saturated rings. The maximum Gasteiger partial charge on any atom is 0.390 e. The summed E-state index contributed by atoms with van der Waals surface area (Å²) < 4.78 is 50.1. The first-order valence-electron chi connectivity index (χ1n) is 6.17. The molecule has 1 aromatic rings. The van der Waals surface area contributed by atoms with E-state index in [0.717, 1.165) is 4.90 Å². The number of alkyl halides is 3. The van der Waals surface area contributed by atoms with Gasteiger partial charge in [0.15, 0.2) is 0 Å². The van der Waals surface area contributed by atoms with Crippen molar-refractivity contribution in [3.63, 3.8) is 0 Å². The lowest BCUT2D eigenvalue weighted by molar-refractivity contribution is -0.145. The van der Waals surface area contributed by atoms with Crippen LogP contribution in [0.15, 0.2) is 24.3 Å². The standard InChI is InChI=1S/C13H14F4N2O/c1-8-12(20)19(6-5-13(15,16)17)11(18-8)9-3-2-4-10(14)7-9/h2-4,7-8,11,18H,5-6H2,1H3. The Kier molecular flexibility index (Phi) is 3.99. The average molecular weight is 290 g/mol. The zero-order valence-electron chi connectivity index (χ0n) is 10.7. The SMILES string of the molecule is CC1NC(c2cccc(F)c2)N(CCC(F)(F)F)C1=O. The van der Waals surface area contributed by atoms with E-state index in [2.05, 4.69) is 5.32 Å². The third-order valence-electron chi connectivity index (χ3n) is 3.17. The Morgan fingerprint density at radius 2 is 2.05 bits per heavy atom. The van der Waals surface area contributed by atoms with E-state index in [-0.39, 0.29) is 0 Å². The third kappa shape index (κ3) is 3.27. The lowest BCUT2D eigenvalue weighted by atomic mass is 10.1. The lowest BCUT2D eigenvalue weighted by Crippen LogP contribution is -2.33. The van der Waals surface area contributed by atoms with E-state index in [0.29, 0.717) is 5.56 Å². The van der Waals surface area contributed by atoms with E-state index >= 15 is 0 Å². The summed E-state index contributed by atoms with van der Waals surface area (Å²) in [4.78, 5) is 13.0. The van der Waals surface area contributed by atoms with Crippen molar-refractivity contribution in [3.05, 3.63) is 35.6 Å². The van der Waals surface area contributed by atoms with Gasteiger partial charge in [-0.25, -0.2) is 4.39 Å². The zero-order chi connectivity index (χ0) is 14.9. The fourth-order valence-electron chi connectivity index (χ4n) is 2.21. The summed E-state index contributed by atoms with van der Waals surface area (Å²) in [6, 6.07) is 4.90. The van der Waals surface area contributed by atoms with Crippen LogP contribution in [0.4, 0.5) is 17.6 Å². The number of nitrogens with zero attached hydrogens (tertiary/aromatic N) is 1. The van der Waals surface area contributed by atoms with Crippen LogP contribution in [0.25, 0.3) is 0 Å². The van der Waals surface area contributed by atoms with E-state index in [4.69, 9.17) is 0 Å². The topological polar surface area (TPSA) is 32.3 Å². The van der Waals surface area contributed by atoms with Crippen LogP contribution in [0.5, 0.6) is 0 Å². The number of hydrogen-bond acceptors (Lipinski definition) is 2. The molecule has 0 aromatic heterocycles. The number of nitrogens with one attached hydrogen (secondary N) is 1. The van der Waals surface area contributed by atoms with E-state index in [1.165, 1.54) is 18.2 Å². The van der Waals surface area contributed by atoms with Gasteiger partial charge in [-0.1, -0.05) is 12.1 Å². The Morgan fingerprint density at radius 1 is 1.35 bits per heavy atom. The van der Waals surface area contributed by atoms with E-state index in [1.807, 2.05) is 0 Å². The molecule has 0 bridgehead atoms. The number of hydrogen-bond donors (Lipinski definition) is 1. The molecule has 0 radical (unpaired) electrons. The van der Waals surface area contributed by atoms with Crippen LogP contribution in [0.3, 0.4) is 0 Å². The van der Waals surface area contributed by atoms with Crippen LogP contribution in [-0.2, 0) is 4.79 Å². The van der Waals surface area contributed by atoms with E-state index in [1.54, 1.807) is 13.0 Å². The molecule has 2 unspecified atom stereocenters. The second kappa shape index (κ2) is 5.40. The highest BCUT2D eigenvalue weighted by Crippen LogP contribution is 2.28. The minimum atomic E-state index is -4.33. The van der Waals surface area contributed by atoms with Gasteiger partial charge in [0.1, 0.15) is 12.0 Å². The minimum Gasteiger partial charge on any atom is -0.321 e. The van der Waals surface area contributed by atoms with Crippen molar-refractivity contribution < 1.29 is 22.4 Å². The first-order valence-corrected chi connectivity index (χ1v) is 6.17. The Morgan fingerprint density at radius 3 is 2.65 bits per heavy atom. The second-order valence-corrected chi connectivity index (χ2v) is 4.74. The number of amides is 1. The van der Waals surface area contributed by atoms with Crippen molar-refractivity contribution in [2.24, 2.45) is 0 Å². The molecule has 1 aliphatic heterocycles. The smallest absolute Gasteiger partial charge is 0.321 e. The summed E-state index contributed by atoms with van der Waals surface area (Å²) in [7, 11) is 0. The molecule has 0 saturated carbocycles. The first-order chi connectivity index (χ1) is 9.28. The number of carbonyl (C=O) groups excluding carboxylic acids is 1. The monoisotopic (exact) mass is 290 g/mol. The Hall–Kier alpha value is -1.63. The molecule has 2 rings (SSSR count). The number of benzene rings is 1. The van der Waals surface area contributed by atoms with Crippen molar-refractivity contribution >= 4 is 5.91 Å². The molecule has 1 heterocycles. The van der Waals surface area contributed by atoms with E-state index in [9.17, 15) is 22.4 Å². The van der Waals surface area contributed by atoms with Gasteiger partial charge >= 0.3 is 6.18 Å². The molecule has 110 valence electrons. The van der Waals surface area contributed by atoms with Crippen LogP contribution < -0.4 is 5.32 Å². The second-order valence-electron chi connectivity index (χ2n) is 4.74. The largest absolute Gasteiger partial charge is 0.390 e. The van der Waals surface area contributed by atoms with Crippen molar-refractivity contribution in [3.8, 4) is 0 Å². The highest BCUT2D eigenvalue weighted by molar-refractivity contribution is 5.84. The lowest BCUT2D eigenvalue weighted by Gasteiger charge is -2.25. The third-order valence-corrected chi connectivity index (χ3v) is 3.17. The molecule has 1 aromatic carbocycles. The Bertz CT molecular complexity index is 503. The van der Waals surface area contributed by atoms with Gasteiger partial charge in [0.05, 0.1) is 12.5 Å². The van der Waals surface area contributed by atoms with Gasteiger partial charge in [-0.3, -0.25) is 10.1 Å². The molecule has 1 N–H and O–H groups in total. The molecule has 7 heteroatoms. The quantitative estimate of drug-likeness (QED) is 0.868. The van der Waals surface area contributed by atoms with Gasteiger partial charge in [0.2, 0.25) is 5.91 Å². The van der Waals surface area contributed by atoms with Crippen LogP contribution in [-0.4, -0.2) is 29.6 Å². The predicted molar refractivity (Wildman–Crippen MR) is 64.1 cm³/mol. The molecule has 20 heavy (non-hydrogen) atoms. The molecule has 0 aliphatic carbocycles. The van der Waals surface area contributed by atoms with Gasteiger partial charge in [-0.2, -0.15) is 13.2 Å². The van der Waals surface area contributed by atoms with Crippen molar-refractivity contribution in [1.29, 1.82) is 0 Å². The Labute approximate surface area is 113 Å². The maximum atomic E-state index is 13.2. The zero-order valence-corrected chi connectivity index (χ0v) is 10.7. The molecule has 1 amide bonds. The van der Waals surface area contributed by atoms with Gasteiger partial charge in [0, 0.05) is 6.54 Å². The van der Waals surface area contributed by atoms with Gasteiger partial charge in [-0.05, 0) is 24.6 Å². The highest BCUT2D eigenvalue weighted by Gasteiger charge is 2.39. The molecule has 0 spiro atoms. The van der Waals surface area contributed by atoms with Gasteiger partial charge in [0.25, 0.3) is 0 Å². The molecule has 1 aliphatic rings. The average Bonchev–Trinajstić information content (AvgIpc) is 2.62. The number of halogens is 4. The highest BCUT2D eigenvalue weighted by atomic mass is 19.4. The fraction of sp³-hybridized carbons (Fsp3) is 0.462. The summed E-state index contributed by atoms with van der Waals surface area (Å²) in [5.74, 6) is -0.907. The Balaban J connectivity index is 2.19. The van der Waals surface area contributed by atoms with Gasteiger partial charge in [-0.15, -0.1) is 0 Å². The number of carbonyl (C=O) groups is 1. The summed E-state index contributed by atoms with van der Waals surface area (Å²) in [6.45, 7) is 1.13.